The molecule has 1 aliphatic rings. The molecule has 3 rings (SSSR count). The number of alkyl halides is 3. The van der Waals surface area contributed by atoms with Crippen LogP contribution in [0.4, 0.5) is 17.6 Å². The second kappa shape index (κ2) is 6.78. The minimum absolute atomic E-state index is 0.198. The number of primary sulfonamides is 1. The highest BCUT2D eigenvalue weighted by atomic mass is 32.2. The standard InChI is InChI=1S/C17H13F4N3O2S/c18-14-15(11-5-2-1-3-6-11)24(23-16(14)17(19,20)21)12-7-4-8-13(10-9-12)27(22,25)26/h1-10,12H,(H2,22,25,26). The van der Waals surface area contributed by atoms with Crippen molar-refractivity contribution < 1.29 is 26.0 Å². The van der Waals surface area contributed by atoms with Gasteiger partial charge in [-0.05, 0) is 12.2 Å². The number of hydrogen-bond donors (Lipinski definition) is 1. The van der Waals surface area contributed by atoms with Crippen molar-refractivity contribution >= 4 is 10.0 Å². The molecule has 2 aromatic rings. The molecular weight excluding hydrogens is 386 g/mol. The summed E-state index contributed by atoms with van der Waals surface area (Å²) in [6.45, 7) is 0. The van der Waals surface area contributed by atoms with Crippen molar-refractivity contribution in [3.8, 4) is 11.3 Å². The minimum Gasteiger partial charge on any atom is -0.250 e. The van der Waals surface area contributed by atoms with E-state index in [1.54, 1.807) is 18.2 Å². The van der Waals surface area contributed by atoms with Crippen LogP contribution in [-0.4, -0.2) is 18.2 Å². The van der Waals surface area contributed by atoms with Gasteiger partial charge in [-0.25, -0.2) is 17.9 Å². The molecule has 0 fully saturated rings. The van der Waals surface area contributed by atoms with E-state index < -0.39 is 33.8 Å². The van der Waals surface area contributed by atoms with Gasteiger partial charge in [0, 0.05) is 5.56 Å². The Balaban J connectivity index is 2.16. The summed E-state index contributed by atoms with van der Waals surface area (Å²) in [5.74, 6) is -1.50. The first kappa shape index (κ1) is 19.1. The maximum atomic E-state index is 14.6. The Morgan fingerprint density at radius 1 is 1.11 bits per heavy atom. The van der Waals surface area contributed by atoms with Crippen LogP contribution < -0.4 is 5.14 Å². The van der Waals surface area contributed by atoms with E-state index in [0.717, 1.165) is 10.8 Å². The number of aromatic nitrogens is 2. The van der Waals surface area contributed by atoms with Gasteiger partial charge in [0.1, 0.15) is 5.69 Å². The van der Waals surface area contributed by atoms with Crippen molar-refractivity contribution in [2.75, 3.05) is 0 Å². The van der Waals surface area contributed by atoms with Gasteiger partial charge in [0.15, 0.2) is 5.82 Å². The quantitative estimate of drug-likeness (QED) is 0.802. The molecule has 0 aliphatic heterocycles. The Hall–Kier alpha value is -2.72. The molecule has 5 nitrogen and oxygen atoms in total. The molecule has 0 saturated heterocycles. The van der Waals surface area contributed by atoms with Crippen LogP contribution >= 0.6 is 0 Å². The maximum absolute atomic E-state index is 14.6. The molecule has 0 radical (unpaired) electrons. The van der Waals surface area contributed by atoms with Crippen LogP contribution in [0.1, 0.15) is 11.7 Å². The second-order valence-corrected chi connectivity index (χ2v) is 7.23. The fraction of sp³-hybridized carbons (Fsp3) is 0.118. The lowest BCUT2D eigenvalue weighted by atomic mass is 10.1. The van der Waals surface area contributed by atoms with Crippen LogP contribution in [0.15, 0.2) is 65.6 Å². The maximum Gasteiger partial charge on any atom is 0.438 e. The van der Waals surface area contributed by atoms with E-state index in [1.807, 2.05) is 0 Å². The van der Waals surface area contributed by atoms with Crippen molar-refractivity contribution in [2.24, 2.45) is 5.14 Å². The van der Waals surface area contributed by atoms with E-state index >= 15 is 0 Å². The Kier molecular flexibility index (Phi) is 4.79. The molecule has 0 spiro atoms. The summed E-state index contributed by atoms with van der Waals surface area (Å²) in [5.41, 5.74) is -1.81. The lowest BCUT2D eigenvalue weighted by Crippen LogP contribution is -2.13. The molecule has 0 saturated carbocycles. The predicted molar refractivity (Wildman–Crippen MR) is 91.1 cm³/mol. The van der Waals surface area contributed by atoms with Crippen LogP contribution in [0.3, 0.4) is 0 Å². The monoisotopic (exact) mass is 399 g/mol. The van der Waals surface area contributed by atoms with Gasteiger partial charge in [0.05, 0.1) is 10.9 Å². The summed E-state index contributed by atoms with van der Waals surface area (Å²) in [6, 6.07) is 6.70. The minimum atomic E-state index is -4.99. The smallest absolute Gasteiger partial charge is 0.250 e. The van der Waals surface area contributed by atoms with Gasteiger partial charge in [-0.2, -0.15) is 18.3 Å². The average Bonchev–Trinajstić information content (AvgIpc) is 2.77. The second-order valence-electron chi connectivity index (χ2n) is 5.67. The van der Waals surface area contributed by atoms with Crippen LogP contribution in [-0.2, 0) is 16.2 Å². The normalized spacial score (nSPS) is 17.7. The van der Waals surface area contributed by atoms with Crippen molar-refractivity contribution in [1.29, 1.82) is 0 Å². The molecule has 1 aromatic carbocycles. The van der Waals surface area contributed by atoms with Crippen molar-refractivity contribution in [2.45, 2.75) is 12.2 Å². The number of hydrogen-bond acceptors (Lipinski definition) is 3. The predicted octanol–water partition coefficient (Wildman–Crippen LogP) is 3.55. The summed E-state index contributed by atoms with van der Waals surface area (Å²) < 4.78 is 77.9. The fourth-order valence-corrected chi connectivity index (χ4v) is 3.13. The van der Waals surface area contributed by atoms with Crippen molar-refractivity contribution in [3.63, 3.8) is 0 Å². The van der Waals surface area contributed by atoms with E-state index in [1.165, 1.54) is 36.4 Å². The van der Waals surface area contributed by atoms with E-state index in [2.05, 4.69) is 5.10 Å². The highest BCUT2D eigenvalue weighted by molar-refractivity contribution is 7.93. The third-order valence-electron chi connectivity index (χ3n) is 3.81. The molecule has 0 amide bonds. The largest absolute Gasteiger partial charge is 0.438 e. The van der Waals surface area contributed by atoms with Gasteiger partial charge in [0.25, 0.3) is 0 Å². The third kappa shape index (κ3) is 3.86. The number of benzene rings is 1. The Labute approximate surface area is 152 Å². The Morgan fingerprint density at radius 3 is 2.37 bits per heavy atom. The number of halogens is 4. The fourth-order valence-electron chi connectivity index (χ4n) is 2.60. The molecule has 1 aromatic heterocycles. The van der Waals surface area contributed by atoms with Gasteiger partial charge in [-0.1, -0.05) is 48.6 Å². The topological polar surface area (TPSA) is 78.0 Å². The molecule has 142 valence electrons. The van der Waals surface area contributed by atoms with Crippen LogP contribution in [0.25, 0.3) is 11.3 Å². The summed E-state index contributed by atoms with van der Waals surface area (Å²) >= 11 is 0. The van der Waals surface area contributed by atoms with Crippen molar-refractivity contribution in [3.05, 3.63) is 77.1 Å². The molecule has 1 atom stereocenters. The first-order valence-electron chi connectivity index (χ1n) is 7.59. The third-order valence-corrected chi connectivity index (χ3v) is 4.73. The zero-order chi connectivity index (χ0) is 19.8. The Morgan fingerprint density at radius 2 is 1.78 bits per heavy atom. The van der Waals surface area contributed by atoms with E-state index in [9.17, 15) is 26.0 Å². The molecule has 1 heterocycles. The summed E-state index contributed by atoms with van der Waals surface area (Å²) in [6.07, 6.45) is 1.32. The summed E-state index contributed by atoms with van der Waals surface area (Å²) in [5, 5.41) is 8.48. The molecular formula is C17H13F4N3O2S. The van der Waals surface area contributed by atoms with Gasteiger partial charge >= 0.3 is 6.18 Å². The highest BCUT2D eigenvalue weighted by Gasteiger charge is 2.40. The Bertz CT molecular complexity index is 1050. The highest BCUT2D eigenvalue weighted by Crippen LogP contribution is 2.37. The average molecular weight is 399 g/mol. The zero-order valence-electron chi connectivity index (χ0n) is 13.6. The molecule has 2 N–H and O–H groups in total. The molecule has 27 heavy (non-hydrogen) atoms. The zero-order valence-corrected chi connectivity index (χ0v) is 14.4. The van der Waals surface area contributed by atoms with Crippen LogP contribution in [0, 0.1) is 5.82 Å². The number of nitrogens with two attached hydrogens (primary N) is 1. The van der Waals surface area contributed by atoms with Gasteiger partial charge in [-0.3, -0.25) is 4.68 Å². The molecule has 1 unspecified atom stereocenters. The van der Waals surface area contributed by atoms with Crippen LogP contribution in [0.5, 0.6) is 0 Å². The van der Waals surface area contributed by atoms with E-state index in [0.29, 0.717) is 0 Å². The lowest BCUT2D eigenvalue weighted by Gasteiger charge is -2.13. The first-order valence-corrected chi connectivity index (χ1v) is 9.14. The van der Waals surface area contributed by atoms with Gasteiger partial charge < -0.3 is 0 Å². The number of sulfonamides is 1. The lowest BCUT2D eigenvalue weighted by molar-refractivity contribution is -0.143. The van der Waals surface area contributed by atoms with Gasteiger partial charge in [-0.15, -0.1) is 0 Å². The number of nitrogens with zero attached hydrogens (tertiary/aromatic N) is 2. The van der Waals surface area contributed by atoms with E-state index in [-0.39, 0.29) is 16.2 Å². The summed E-state index contributed by atoms with van der Waals surface area (Å²) in [7, 11) is -4.00. The first-order chi connectivity index (χ1) is 12.6. The molecule has 1 aliphatic carbocycles. The SMILES string of the molecule is NS(=O)(=O)C1=CC=CC(n2nc(C(F)(F)F)c(F)c2-c2ccccc2)C=C1. The number of rotatable bonds is 3. The summed E-state index contributed by atoms with van der Waals surface area (Å²) in [4.78, 5) is -0.230. The van der Waals surface area contributed by atoms with Crippen molar-refractivity contribution in [1.82, 2.24) is 9.78 Å². The number of allylic oxidation sites excluding steroid dienone is 5. The van der Waals surface area contributed by atoms with Gasteiger partial charge in [0.2, 0.25) is 15.7 Å². The van der Waals surface area contributed by atoms with E-state index in [4.69, 9.17) is 5.14 Å². The molecule has 10 heteroatoms. The molecule has 0 bridgehead atoms. The van der Waals surface area contributed by atoms with Crippen LogP contribution in [0.2, 0.25) is 0 Å².